The second-order valence-corrected chi connectivity index (χ2v) is 7.21. The minimum atomic E-state index is -0.982. The molecular weight excluding hydrogens is 300 g/mol. The van der Waals surface area contributed by atoms with Crippen molar-refractivity contribution in [3.63, 3.8) is 0 Å². The monoisotopic (exact) mass is 338 g/mol. The van der Waals surface area contributed by atoms with Gasteiger partial charge in [-0.05, 0) is 12.8 Å². The summed E-state index contributed by atoms with van der Waals surface area (Å²) in [6, 6.07) is 0. The first-order chi connectivity index (χ1) is 11.7. The number of aliphatic hydroxyl groups excluding tert-OH is 1. The van der Waals surface area contributed by atoms with Gasteiger partial charge in [0.15, 0.2) is 0 Å². The van der Waals surface area contributed by atoms with Crippen LogP contribution in [-0.2, 0) is 9.53 Å². The largest absolute Gasteiger partial charge is 0.429 e. The Morgan fingerprint density at radius 3 is 1.58 bits per heavy atom. The third-order valence-corrected chi connectivity index (χ3v) is 4.92. The van der Waals surface area contributed by atoms with Gasteiger partial charge in [0.25, 0.3) is 0 Å². The third-order valence-electron chi connectivity index (χ3n) is 4.92. The molecule has 24 heavy (non-hydrogen) atoms. The molecule has 0 fully saturated rings. The Morgan fingerprint density at radius 2 is 1.21 bits per heavy atom. The average molecular weight is 339 g/mol. The molecule has 1 N–H and O–H groups in total. The van der Waals surface area contributed by atoms with Crippen LogP contribution in [0, 0.1) is 0 Å². The van der Waals surface area contributed by atoms with Crippen molar-refractivity contribution in [2.75, 3.05) is 0 Å². The van der Waals surface area contributed by atoms with Crippen molar-refractivity contribution in [1.82, 2.24) is 0 Å². The molecule has 1 rings (SSSR count). The lowest BCUT2D eigenvalue weighted by atomic mass is 10.0. The van der Waals surface area contributed by atoms with Crippen LogP contribution in [0.1, 0.15) is 110 Å². The van der Waals surface area contributed by atoms with Gasteiger partial charge in [-0.15, -0.1) is 0 Å². The molecular formula is C21H38O3. The van der Waals surface area contributed by atoms with Gasteiger partial charge in [-0.1, -0.05) is 96.8 Å². The van der Waals surface area contributed by atoms with Gasteiger partial charge in [0, 0.05) is 11.6 Å². The summed E-state index contributed by atoms with van der Waals surface area (Å²) in [5.74, 6) is -0.404. The zero-order chi connectivity index (χ0) is 17.5. The van der Waals surface area contributed by atoms with E-state index in [1.54, 1.807) is 0 Å². The lowest BCUT2D eigenvalue weighted by Gasteiger charge is -2.07. The number of aliphatic hydroxyl groups is 1. The second kappa shape index (κ2) is 14.5. The molecule has 0 radical (unpaired) electrons. The molecule has 0 aromatic rings. The highest BCUT2D eigenvalue weighted by atomic mass is 16.6. The van der Waals surface area contributed by atoms with Gasteiger partial charge in [0.2, 0.25) is 6.29 Å². The van der Waals surface area contributed by atoms with Crippen LogP contribution in [0.25, 0.3) is 0 Å². The molecule has 0 spiro atoms. The van der Waals surface area contributed by atoms with Crippen molar-refractivity contribution >= 4 is 5.97 Å². The van der Waals surface area contributed by atoms with Crippen LogP contribution in [0.15, 0.2) is 11.6 Å². The quantitative estimate of drug-likeness (QED) is 0.275. The topological polar surface area (TPSA) is 46.5 Å². The molecule has 1 unspecified atom stereocenters. The number of ether oxygens (including phenoxy) is 1. The number of hydrogen-bond acceptors (Lipinski definition) is 3. The number of rotatable bonds is 16. The molecule has 0 aromatic heterocycles. The van der Waals surface area contributed by atoms with Crippen LogP contribution >= 0.6 is 0 Å². The number of unbranched alkanes of at least 4 members (excludes halogenated alkanes) is 14. The van der Waals surface area contributed by atoms with Gasteiger partial charge in [0.1, 0.15) is 0 Å². The highest BCUT2D eigenvalue weighted by Crippen LogP contribution is 2.20. The molecule has 0 aromatic carbocycles. The first-order valence-corrected chi connectivity index (χ1v) is 10.3. The molecule has 3 heteroatoms. The number of carbonyl (C=O) groups is 1. The van der Waals surface area contributed by atoms with Gasteiger partial charge in [-0.25, -0.2) is 4.79 Å². The summed E-state index contributed by atoms with van der Waals surface area (Å²) in [6.45, 7) is 2.27. The third kappa shape index (κ3) is 10.9. The molecule has 0 saturated carbocycles. The van der Waals surface area contributed by atoms with Crippen molar-refractivity contribution < 1.29 is 14.6 Å². The zero-order valence-corrected chi connectivity index (χ0v) is 15.7. The molecule has 0 aliphatic carbocycles. The standard InChI is InChI=1S/C21H38O3/c1-2-3-4-5-6-7-8-9-10-11-12-13-14-15-16-17-19-18-20(22)24-21(19)23/h18,21,23H,2-17H2,1H3. The van der Waals surface area contributed by atoms with Gasteiger partial charge < -0.3 is 9.84 Å². The second-order valence-electron chi connectivity index (χ2n) is 7.21. The van der Waals surface area contributed by atoms with Crippen molar-refractivity contribution in [3.05, 3.63) is 11.6 Å². The first kappa shape index (κ1) is 21.2. The highest BCUT2D eigenvalue weighted by Gasteiger charge is 2.22. The van der Waals surface area contributed by atoms with E-state index in [0.29, 0.717) is 0 Å². The Bertz CT molecular complexity index is 349. The molecule has 0 saturated heterocycles. The number of carbonyl (C=O) groups excluding carboxylic acids is 1. The predicted molar refractivity (Wildman–Crippen MR) is 99.7 cm³/mol. The SMILES string of the molecule is CCCCCCCCCCCCCCCCCC1=CC(=O)OC1O. The van der Waals surface area contributed by atoms with E-state index >= 15 is 0 Å². The Hall–Kier alpha value is -0.830. The molecule has 1 heterocycles. The summed E-state index contributed by atoms with van der Waals surface area (Å²) in [5, 5.41) is 9.46. The summed E-state index contributed by atoms with van der Waals surface area (Å²) in [6.07, 6.45) is 21.5. The minimum Gasteiger partial charge on any atom is -0.429 e. The average Bonchev–Trinajstić information content (AvgIpc) is 2.88. The van der Waals surface area contributed by atoms with Crippen LogP contribution in [0.4, 0.5) is 0 Å². The Kier molecular flexibility index (Phi) is 12.8. The molecule has 1 aliphatic heterocycles. The van der Waals surface area contributed by atoms with Crippen LogP contribution in [-0.4, -0.2) is 17.4 Å². The fourth-order valence-corrected chi connectivity index (χ4v) is 3.34. The van der Waals surface area contributed by atoms with E-state index in [1.165, 1.54) is 96.0 Å². The fourth-order valence-electron chi connectivity index (χ4n) is 3.34. The fraction of sp³-hybridized carbons (Fsp3) is 0.857. The number of hydrogen-bond donors (Lipinski definition) is 1. The molecule has 1 aliphatic rings. The summed E-state index contributed by atoms with van der Waals surface area (Å²) in [4.78, 5) is 11.0. The predicted octanol–water partition coefficient (Wildman–Crippen LogP) is 6.05. The smallest absolute Gasteiger partial charge is 0.333 e. The molecule has 3 nitrogen and oxygen atoms in total. The van der Waals surface area contributed by atoms with E-state index in [2.05, 4.69) is 11.7 Å². The molecule has 140 valence electrons. The van der Waals surface area contributed by atoms with E-state index in [-0.39, 0.29) is 0 Å². The van der Waals surface area contributed by atoms with Crippen molar-refractivity contribution in [2.24, 2.45) is 0 Å². The van der Waals surface area contributed by atoms with Crippen LogP contribution < -0.4 is 0 Å². The maximum Gasteiger partial charge on any atom is 0.333 e. The summed E-state index contributed by atoms with van der Waals surface area (Å²) in [5.41, 5.74) is 0.745. The summed E-state index contributed by atoms with van der Waals surface area (Å²) in [7, 11) is 0. The van der Waals surface area contributed by atoms with Crippen LogP contribution in [0.3, 0.4) is 0 Å². The van der Waals surface area contributed by atoms with E-state index < -0.39 is 12.3 Å². The van der Waals surface area contributed by atoms with E-state index in [1.807, 2.05) is 0 Å². The minimum absolute atomic E-state index is 0.404. The maximum absolute atomic E-state index is 11.0. The zero-order valence-electron chi connectivity index (χ0n) is 15.7. The van der Waals surface area contributed by atoms with Crippen molar-refractivity contribution in [2.45, 2.75) is 116 Å². The van der Waals surface area contributed by atoms with Gasteiger partial charge in [-0.3, -0.25) is 0 Å². The lowest BCUT2D eigenvalue weighted by molar-refractivity contribution is -0.151. The number of cyclic esters (lactones) is 1. The van der Waals surface area contributed by atoms with E-state index in [4.69, 9.17) is 0 Å². The van der Waals surface area contributed by atoms with E-state index in [0.717, 1.165) is 18.4 Å². The molecule has 0 bridgehead atoms. The van der Waals surface area contributed by atoms with E-state index in [9.17, 15) is 9.90 Å². The first-order valence-electron chi connectivity index (χ1n) is 10.3. The molecule has 1 atom stereocenters. The Morgan fingerprint density at radius 1 is 0.792 bits per heavy atom. The van der Waals surface area contributed by atoms with Crippen LogP contribution in [0.2, 0.25) is 0 Å². The van der Waals surface area contributed by atoms with Crippen LogP contribution in [0.5, 0.6) is 0 Å². The highest BCUT2D eigenvalue weighted by molar-refractivity contribution is 5.85. The van der Waals surface area contributed by atoms with Gasteiger partial charge in [0.05, 0.1) is 0 Å². The Balaban J connectivity index is 1.75. The summed E-state index contributed by atoms with van der Waals surface area (Å²) < 4.78 is 4.67. The Labute approximate surface area is 148 Å². The summed E-state index contributed by atoms with van der Waals surface area (Å²) >= 11 is 0. The maximum atomic E-state index is 11.0. The van der Waals surface area contributed by atoms with Gasteiger partial charge >= 0.3 is 5.97 Å². The number of esters is 1. The van der Waals surface area contributed by atoms with Gasteiger partial charge in [-0.2, -0.15) is 0 Å². The lowest BCUT2D eigenvalue weighted by Crippen LogP contribution is -2.09. The normalized spacial score (nSPS) is 17.2. The molecule has 0 amide bonds. The van der Waals surface area contributed by atoms with Crippen molar-refractivity contribution in [1.29, 1.82) is 0 Å². The van der Waals surface area contributed by atoms with Crippen molar-refractivity contribution in [3.8, 4) is 0 Å².